The topological polar surface area (TPSA) is 12.0 Å². The molecule has 1 aliphatic heterocycles. The van der Waals surface area contributed by atoms with Crippen LogP contribution >= 0.6 is 23.4 Å². The molecule has 82 valence electrons. The Hall–Kier alpha value is -0.250. The van der Waals surface area contributed by atoms with E-state index >= 15 is 0 Å². The lowest BCUT2D eigenvalue weighted by Gasteiger charge is -2.29. The maximum Gasteiger partial charge on any atom is 0.130 e. The monoisotopic (exact) mass is 245 g/mol. The molecule has 2 unspecified atom stereocenters. The third-order valence-electron chi connectivity index (χ3n) is 2.53. The van der Waals surface area contributed by atoms with Gasteiger partial charge in [-0.05, 0) is 31.2 Å². The van der Waals surface area contributed by atoms with E-state index in [1.165, 1.54) is 6.07 Å². The second-order valence-electron chi connectivity index (χ2n) is 3.74. The zero-order chi connectivity index (χ0) is 10.8. The average molecular weight is 246 g/mol. The number of hydrogen-bond acceptors (Lipinski definition) is 2. The van der Waals surface area contributed by atoms with E-state index in [4.69, 9.17) is 11.6 Å². The van der Waals surface area contributed by atoms with E-state index in [-0.39, 0.29) is 11.2 Å². The fourth-order valence-corrected chi connectivity index (χ4v) is 3.48. The van der Waals surface area contributed by atoms with Crippen LogP contribution in [0.5, 0.6) is 0 Å². The molecule has 0 aliphatic carbocycles. The lowest BCUT2D eigenvalue weighted by atomic mass is 10.1. The SMILES string of the molecule is CC1CCSC(c2c(F)cccc2Cl)N1. The number of hydrogen-bond donors (Lipinski definition) is 1. The van der Waals surface area contributed by atoms with Crippen molar-refractivity contribution in [2.45, 2.75) is 24.8 Å². The van der Waals surface area contributed by atoms with Gasteiger partial charge in [-0.25, -0.2) is 4.39 Å². The van der Waals surface area contributed by atoms with Crippen LogP contribution in [0.4, 0.5) is 4.39 Å². The van der Waals surface area contributed by atoms with Crippen LogP contribution in [-0.4, -0.2) is 11.8 Å². The summed E-state index contributed by atoms with van der Waals surface area (Å²) in [5.74, 6) is 0.824. The summed E-state index contributed by atoms with van der Waals surface area (Å²) in [7, 11) is 0. The minimum absolute atomic E-state index is 0.0116. The summed E-state index contributed by atoms with van der Waals surface area (Å²) in [4.78, 5) is 0. The normalized spacial score (nSPS) is 26.6. The van der Waals surface area contributed by atoms with Crippen molar-refractivity contribution in [1.29, 1.82) is 0 Å². The molecule has 1 saturated heterocycles. The Morgan fingerprint density at radius 1 is 1.53 bits per heavy atom. The summed E-state index contributed by atoms with van der Waals surface area (Å²) in [6, 6.07) is 5.26. The van der Waals surface area contributed by atoms with E-state index in [9.17, 15) is 4.39 Å². The van der Waals surface area contributed by atoms with Gasteiger partial charge < -0.3 is 0 Å². The van der Waals surface area contributed by atoms with Crippen molar-refractivity contribution in [3.63, 3.8) is 0 Å². The molecule has 4 heteroatoms. The summed E-state index contributed by atoms with van der Waals surface area (Å²) in [6.45, 7) is 2.11. The van der Waals surface area contributed by atoms with Crippen molar-refractivity contribution in [3.05, 3.63) is 34.6 Å². The second-order valence-corrected chi connectivity index (χ2v) is 5.36. The lowest BCUT2D eigenvalue weighted by molar-refractivity contribution is 0.496. The molecule has 1 heterocycles. The third-order valence-corrected chi connectivity index (χ3v) is 4.04. The Bertz CT molecular complexity index is 338. The number of thioether (sulfide) groups is 1. The largest absolute Gasteiger partial charge is 0.299 e. The van der Waals surface area contributed by atoms with Gasteiger partial charge in [0.1, 0.15) is 5.82 Å². The van der Waals surface area contributed by atoms with E-state index in [0.717, 1.165) is 12.2 Å². The van der Waals surface area contributed by atoms with E-state index < -0.39 is 0 Å². The van der Waals surface area contributed by atoms with Gasteiger partial charge in [0.2, 0.25) is 0 Å². The standard InChI is InChI=1S/C11H13ClFNS/c1-7-5-6-15-11(14-7)10-8(12)3-2-4-9(10)13/h2-4,7,11,14H,5-6H2,1H3. The van der Waals surface area contributed by atoms with Gasteiger partial charge in [0.15, 0.2) is 0 Å². The van der Waals surface area contributed by atoms with E-state index in [2.05, 4.69) is 12.2 Å². The molecule has 2 rings (SSSR count). The van der Waals surface area contributed by atoms with Gasteiger partial charge in [-0.1, -0.05) is 17.7 Å². The van der Waals surface area contributed by atoms with Crippen LogP contribution in [0.15, 0.2) is 18.2 Å². The molecule has 1 aliphatic rings. The Kier molecular flexibility index (Phi) is 3.54. The highest BCUT2D eigenvalue weighted by Gasteiger charge is 2.24. The molecule has 0 spiro atoms. The maximum absolute atomic E-state index is 13.6. The molecular weight excluding hydrogens is 233 g/mol. The van der Waals surface area contributed by atoms with Crippen molar-refractivity contribution in [2.24, 2.45) is 0 Å². The van der Waals surface area contributed by atoms with Crippen molar-refractivity contribution in [1.82, 2.24) is 5.32 Å². The summed E-state index contributed by atoms with van der Waals surface area (Å²) < 4.78 is 13.6. The maximum atomic E-state index is 13.6. The molecule has 1 N–H and O–H groups in total. The van der Waals surface area contributed by atoms with Gasteiger partial charge in [0, 0.05) is 16.6 Å². The molecule has 0 radical (unpaired) electrons. The van der Waals surface area contributed by atoms with Crippen molar-refractivity contribution in [2.75, 3.05) is 5.75 Å². The van der Waals surface area contributed by atoms with Gasteiger partial charge in [0.05, 0.1) is 5.37 Å². The molecule has 1 nitrogen and oxygen atoms in total. The highest BCUT2D eigenvalue weighted by atomic mass is 35.5. The predicted molar refractivity (Wildman–Crippen MR) is 63.8 cm³/mol. The first-order chi connectivity index (χ1) is 7.18. The average Bonchev–Trinajstić information content (AvgIpc) is 2.17. The van der Waals surface area contributed by atoms with Crippen LogP contribution in [0.1, 0.15) is 24.3 Å². The van der Waals surface area contributed by atoms with Crippen LogP contribution in [-0.2, 0) is 0 Å². The Labute approximate surface area is 98.4 Å². The Morgan fingerprint density at radius 3 is 3.00 bits per heavy atom. The molecular formula is C11H13ClFNS. The lowest BCUT2D eigenvalue weighted by Crippen LogP contribution is -2.34. The van der Waals surface area contributed by atoms with Gasteiger partial charge in [-0.15, -0.1) is 11.8 Å². The van der Waals surface area contributed by atoms with E-state index in [1.54, 1.807) is 23.9 Å². The smallest absolute Gasteiger partial charge is 0.130 e. The van der Waals surface area contributed by atoms with Crippen LogP contribution in [0, 0.1) is 5.82 Å². The van der Waals surface area contributed by atoms with Crippen molar-refractivity contribution in [3.8, 4) is 0 Å². The van der Waals surface area contributed by atoms with E-state index in [0.29, 0.717) is 16.6 Å². The summed E-state index contributed by atoms with van der Waals surface area (Å²) in [6.07, 6.45) is 1.12. The van der Waals surface area contributed by atoms with E-state index in [1.807, 2.05) is 0 Å². The molecule has 0 aromatic heterocycles. The molecule has 15 heavy (non-hydrogen) atoms. The van der Waals surface area contributed by atoms with Gasteiger partial charge in [0.25, 0.3) is 0 Å². The fraction of sp³-hybridized carbons (Fsp3) is 0.455. The molecule has 0 saturated carbocycles. The Balaban J connectivity index is 2.28. The van der Waals surface area contributed by atoms with Crippen molar-refractivity contribution < 1.29 is 4.39 Å². The first kappa shape index (κ1) is 11.2. The first-order valence-corrected chi connectivity index (χ1v) is 6.42. The van der Waals surface area contributed by atoms with Crippen LogP contribution in [0.2, 0.25) is 5.02 Å². The fourth-order valence-electron chi connectivity index (χ4n) is 1.68. The molecule has 2 atom stereocenters. The number of nitrogens with one attached hydrogen (secondary N) is 1. The van der Waals surface area contributed by atoms with Gasteiger partial charge in [-0.2, -0.15) is 0 Å². The molecule has 1 aromatic carbocycles. The minimum Gasteiger partial charge on any atom is -0.299 e. The van der Waals surface area contributed by atoms with Crippen LogP contribution < -0.4 is 5.32 Å². The van der Waals surface area contributed by atoms with Gasteiger partial charge >= 0.3 is 0 Å². The third kappa shape index (κ3) is 2.47. The molecule has 1 fully saturated rings. The minimum atomic E-state index is -0.221. The number of benzene rings is 1. The zero-order valence-electron chi connectivity index (χ0n) is 8.47. The number of rotatable bonds is 1. The predicted octanol–water partition coefficient (Wildman–Crippen LogP) is 3.59. The molecule has 0 amide bonds. The molecule has 0 bridgehead atoms. The summed E-state index contributed by atoms with van der Waals surface area (Å²) in [5, 5.41) is 3.85. The van der Waals surface area contributed by atoms with Crippen LogP contribution in [0.25, 0.3) is 0 Å². The van der Waals surface area contributed by atoms with Gasteiger partial charge in [-0.3, -0.25) is 5.32 Å². The summed E-state index contributed by atoms with van der Waals surface area (Å²) >= 11 is 7.73. The first-order valence-electron chi connectivity index (χ1n) is 5.00. The summed E-state index contributed by atoms with van der Waals surface area (Å²) in [5.41, 5.74) is 0.593. The Morgan fingerprint density at radius 2 is 2.33 bits per heavy atom. The molecule has 1 aromatic rings. The highest BCUT2D eigenvalue weighted by Crippen LogP contribution is 2.36. The number of halogens is 2. The highest BCUT2D eigenvalue weighted by molar-refractivity contribution is 7.99. The van der Waals surface area contributed by atoms with Crippen LogP contribution in [0.3, 0.4) is 0 Å². The second kappa shape index (κ2) is 4.73. The quantitative estimate of drug-likeness (QED) is 0.812. The van der Waals surface area contributed by atoms with Crippen molar-refractivity contribution >= 4 is 23.4 Å². The zero-order valence-corrected chi connectivity index (χ0v) is 10.0.